The van der Waals surface area contributed by atoms with E-state index in [1.54, 1.807) is 0 Å². The summed E-state index contributed by atoms with van der Waals surface area (Å²) in [5.41, 5.74) is 3.55. The highest BCUT2D eigenvalue weighted by Crippen LogP contribution is 2.12. The summed E-state index contributed by atoms with van der Waals surface area (Å²) in [7, 11) is 1.99. The third-order valence-electron chi connectivity index (χ3n) is 3.36. The second-order valence-electron chi connectivity index (χ2n) is 6.39. The molecule has 0 aromatic carbocycles. The van der Waals surface area contributed by atoms with E-state index in [0.29, 0.717) is 0 Å². The van der Waals surface area contributed by atoms with Gasteiger partial charge >= 0.3 is 0 Å². The molecule has 2 aromatic rings. The van der Waals surface area contributed by atoms with E-state index < -0.39 is 0 Å². The van der Waals surface area contributed by atoms with Crippen LogP contribution in [0.4, 0.5) is 0 Å². The quantitative estimate of drug-likeness (QED) is 0.930. The van der Waals surface area contributed by atoms with Crippen molar-refractivity contribution in [3.05, 3.63) is 35.2 Å². The van der Waals surface area contributed by atoms with Gasteiger partial charge in [0.15, 0.2) is 0 Å². The molecular formula is C15H25N5. The first-order chi connectivity index (χ1) is 9.26. The van der Waals surface area contributed by atoms with Gasteiger partial charge in [0, 0.05) is 25.3 Å². The Labute approximate surface area is 121 Å². The molecule has 110 valence electrons. The van der Waals surface area contributed by atoms with Crippen molar-refractivity contribution in [3.63, 3.8) is 0 Å². The maximum Gasteiger partial charge on any atom is 0.106 e. The standard InChI is InChI=1S/C15H25N5/c1-11-7-13(19(6)18-11)10-20-12(2)16-8-14(20)9-17-15(3,4)5/h7-8,17H,9-10H2,1-6H3. The molecule has 20 heavy (non-hydrogen) atoms. The summed E-state index contributed by atoms with van der Waals surface area (Å²) >= 11 is 0. The average Bonchev–Trinajstić information content (AvgIpc) is 2.81. The Morgan fingerprint density at radius 1 is 1.20 bits per heavy atom. The van der Waals surface area contributed by atoms with Gasteiger partial charge in [-0.2, -0.15) is 5.10 Å². The fourth-order valence-electron chi connectivity index (χ4n) is 2.20. The zero-order valence-corrected chi connectivity index (χ0v) is 13.4. The van der Waals surface area contributed by atoms with Gasteiger partial charge in [-0.1, -0.05) is 0 Å². The molecule has 0 aliphatic rings. The molecule has 0 saturated heterocycles. The summed E-state index contributed by atoms with van der Waals surface area (Å²) in [6, 6.07) is 2.13. The number of imidazole rings is 1. The Morgan fingerprint density at radius 3 is 2.45 bits per heavy atom. The van der Waals surface area contributed by atoms with Gasteiger partial charge in [-0.3, -0.25) is 4.68 Å². The van der Waals surface area contributed by atoms with Gasteiger partial charge in [-0.05, 0) is 40.7 Å². The minimum Gasteiger partial charge on any atom is -0.325 e. The van der Waals surface area contributed by atoms with Crippen molar-refractivity contribution < 1.29 is 0 Å². The van der Waals surface area contributed by atoms with Crippen LogP contribution in [0.25, 0.3) is 0 Å². The van der Waals surface area contributed by atoms with Crippen LogP contribution in [0.15, 0.2) is 12.3 Å². The van der Waals surface area contributed by atoms with Crippen molar-refractivity contribution in [2.45, 2.75) is 53.2 Å². The van der Waals surface area contributed by atoms with Gasteiger partial charge < -0.3 is 9.88 Å². The molecule has 1 N–H and O–H groups in total. The van der Waals surface area contributed by atoms with E-state index in [1.807, 2.05) is 31.8 Å². The first-order valence-corrected chi connectivity index (χ1v) is 7.02. The van der Waals surface area contributed by atoms with Crippen molar-refractivity contribution in [2.75, 3.05) is 0 Å². The number of hydrogen-bond donors (Lipinski definition) is 1. The minimum atomic E-state index is 0.103. The molecule has 0 amide bonds. The Bertz CT molecular complexity index is 586. The number of hydrogen-bond acceptors (Lipinski definition) is 3. The zero-order valence-electron chi connectivity index (χ0n) is 13.4. The van der Waals surface area contributed by atoms with E-state index in [2.05, 4.69) is 46.8 Å². The average molecular weight is 275 g/mol. The van der Waals surface area contributed by atoms with Crippen LogP contribution in [0.5, 0.6) is 0 Å². The molecule has 2 aromatic heterocycles. The van der Waals surface area contributed by atoms with E-state index in [-0.39, 0.29) is 5.54 Å². The molecule has 0 radical (unpaired) electrons. The van der Waals surface area contributed by atoms with Crippen LogP contribution in [-0.4, -0.2) is 24.9 Å². The highest BCUT2D eigenvalue weighted by atomic mass is 15.3. The second kappa shape index (κ2) is 5.40. The van der Waals surface area contributed by atoms with Crippen molar-refractivity contribution in [2.24, 2.45) is 7.05 Å². The molecule has 5 heteroatoms. The number of nitrogens with zero attached hydrogens (tertiary/aromatic N) is 4. The highest BCUT2D eigenvalue weighted by Gasteiger charge is 2.13. The summed E-state index contributed by atoms with van der Waals surface area (Å²) in [4.78, 5) is 4.44. The maximum absolute atomic E-state index is 4.44. The van der Waals surface area contributed by atoms with Crippen molar-refractivity contribution >= 4 is 0 Å². The van der Waals surface area contributed by atoms with E-state index in [4.69, 9.17) is 0 Å². The predicted octanol–water partition coefficient (Wildman–Crippen LogP) is 2.17. The fourth-order valence-corrected chi connectivity index (χ4v) is 2.20. The number of aryl methyl sites for hydroxylation is 3. The van der Waals surface area contributed by atoms with E-state index in [9.17, 15) is 0 Å². The van der Waals surface area contributed by atoms with Gasteiger partial charge in [-0.25, -0.2) is 4.98 Å². The van der Waals surface area contributed by atoms with E-state index >= 15 is 0 Å². The second-order valence-corrected chi connectivity index (χ2v) is 6.39. The summed E-state index contributed by atoms with van der Waals surface area (Å²) in [5, 5.41) is 7.92. The molecule has 0 fully saturated rings. The topological polar surface area (TPSA) is 47.7 Å². The molecule has 0 saturated carbocycles. The smallest absolute Gasteiger partial charge is 0.106 e. The number of aromatic nitrogens is 4. The van der Waals surface area contributed by atoms with Gasteiger partial charge in [0.05, 0.1) is 23.6 Å². The fraction of sp³-hybridized carbons (Fsp3) is 0.600. The van der Waals surface area contributed by atoms with Crippen LogP contribution in [0, 0.1) is 13.8 Å². The third-order valence-corrected chi connectivity index (χ3v) is 3.36. The van der Waals surface area contributed by atoms with Crippen LogP contribution in [0.3, 0.4) is 0 Å². The van der Waals surface area contributed by atoms with Gasteiger partial charge in [0.1, 0.15) is 5.82 Å². The summed E-state index contributed by atoms with van der Waals surface area (Å²) in [6.45, 7) is 12.2. The van der Waals surface area contributed by atoms with Crippen LogP contribution in [0.1, 0.15) is 43.7 Å². The van der Waals surface area contributed by atoms with E-state index in [0.717, 1.165) is 24.6 Å². The Hall–Kier alpha value is -1.62. The summed E-state index contributed by atoms with van der Waals surface area (Å²) in [5.74, 6) is 1.04. The predicted molar refractivity (Wildman–Crippen MR) is 80.6 cm³/mol. The first-order valence-electron chi connectivity index (χ1n) is 7.02. The van der Waals surface area contributed by atoms with Crippen LogP contribution < -0.4 is 5.32 Å². The van der Waals surface area contributed by atoms with Crippen LogP contribution in [-0.2, 0) is 20.1 Å². The molecule has 0 aliphatic heterocycles. The molecule has 0 atom stereocenters. The molecule has 0 aliphatic carbocycles. The Kier molecular flexibility index (Phi) is 3.99. The van der Waals surface area contributed by atoms with Crippen LogP contribution in [0.2, 0.25) is 0 Å². The lowest BCUT2D eigenvalue weighted by Crippen LogP contribution is -2.35. The normalized spacial score (nSPS) is 12.1. The van der Waals surface area contributed by atoms with Crippen molar-refractivity contribution in [3.8, 4) is 0 Å². The van der Waals surface area contributed by atoms with Gasteiger partial charge in [0.25, 0.3) is 0 Å². The summed E-state index contributed by atoms with van der Waals surface area (Å²) < 4.78 is 4.19. The minimum absolute atomic E-state index is 0.103. The number of nitrogens with one attached hydrogen (secondary N) is 1. The molecule has 0 spiro atoms. The largest absolute Gasteiger partial charge is 0.325 e. The summed E-state index contributed by atoms with van der Waals surface area (Å²) in [6.07, 6.45) is 1.96. The first kappa shape index (κ1) is 14.8. The van der Waals surface area contributed by atoms with Crippen molar-refractivity contribution in [1.82, 2.24) is 24.6 Å². The van der Waals surface area contributed by atoms with Gasteiger partial charge in [-0.15, -0.1) is 0 Å². The van der Waals surface area contributed by atoms with Gasteiger partial charge in [0.2, 0.25) is 0 Å². The molecule has 2 heterocycles. The van der Waals surface area contributed by atoms with Crippen LogP contribution >= 0.6 is 0 Å². The Morgan fingerprint density at radius 2 is 1.90 bits per heavy atom. The lowest BCUT2D eigenvalue weighted by atomic mass is 10.1. The highest BCUT2D eigenvalue weighted by molar-refractivity contribution is 5.13. The molecule has 0 unspecified atom stereocenters. The Balaban J connectivity index is 2.19. The maximum atomic E-state index is 4.44. The number of rotatable bonds is 4. The lowest BCUT2D eigenvalue weighted by Gasteiger charge is -2.21. The molecule has 5 nitrogen and oxygen atoms in total. The van der Waals surface area contributed by atoms with Crippen molar-refractivity contribution in [1.29, 1.82) is 0 Å². The zero-order chi connectivity index (χ0) is 14.9. The molecular weight excluding hydrogens is 250 g/mol. The van der Waals surface area contributed by atoms with E-state index in [1.165, 1.54) is 11.4 Å². The third kappa shape index (κ3) is 3.48. The molecule has 0 bridgehead atoms. The monoisotopic (exact) mass is 275 g/mol. The molecule has 2 rings (SSSR count). The lowest BCUT2D eigenvalue weighted by molar-refractivity contribution is 0.416. The SMILES string of the molecule is Cc1cc(Cn2c(CNC(C)(C)C)cnc2C)n(C)n1.